The molecule has 3 nitrogen and oxygen atoms in total. The van der Waals surface area contributed by atoms with Gasteiger partial charge in [-0.15, -0.1) is 0 Å². The second-order valence-electron chi connectivity index (χ2n) is 4.02. The molecule has 0 atom stereocenters. The smallest absolute Gasteiger partial charge is 0.341 e. The maximum Gasteiger partial charge on any atom is 0.341 e. The molecule has 0 aliphatic heterocycles. The minimum atomic E-state index is -0.445. The molecule has 100 valence electrons. The third-order valence-corrected chi connectivity index (χ3v) is 3.69. The molecule has 0 spiro atoms. The summed E-state index contributed by atoms with van der Waals surface area (Å²) >= 11 is 9.76. The van der Waals surface area contributed by atoms with Crippen LogP contribution in [0.25, 0.3) is 10.9 Å². The molecule has 0 saturated carbocycles. The highest BCUT2D eigenvalue weighted by molar-refractivity contribution is 9.10. The van der Waals surface area contributed by atoms with Gasteiger partial charge in [-0.2, -0.15) is 0 Å². The number of esters is 1. The van der Waals surface area contributed by atoms with Crippen LogP contribution in [0.2, 0.25) is 5.02 Å². The fourth-order valence-electron chi connectivity index (χ4n) is 1.93. The lowest BCUT2D eigenvalue weighted by molar-refractivity contribution is 0.0526. The lowest BCUT2D eigenvalue weighted by atomic mass is 10.1. The van der Waals surface area contributed by atoms with Gasteiger partial charge in [0.1, 0.15) is 0 Å². The topological polar surface area (TPSA) is 39.2 Å². The highest BCUT2D eigenvalue weighted by Crippen LogP contribution is 2.31. The Hall–Kier alpha value is -1.13. The molecular formula is C14H13BrClNO2. The average Bonchev–Trinajstić information content (AvgIpc) is 2.39. The zero-order valence-electron chi connectivity index (χ0n) is 10.7. The van der Waals surface area contributed by atoms with Gasteiger partial charge >= 0.3 is 5.97 Å². The number of halogens is 2. The monoisotopic (exact) mass is 341 g/mol. The van der Waals surface area contributed by atoms with E-state index in [1.807, 2.05) is 12.1 Å². The van der Waals surface area contributed by atoms with Crippen LogP contribution in [0, 0.1) is 0 Å². The SMILES string of the molecule is CCOC(=O)c1cnc2c(CC)cc(Br)cc2c1Cl. The minimum absolute atomic E-state index is 0.302. The van der Waals surface area contributed by atoms with Crippen LogP contribution in [-0.4, -0.2) is 17.6 Å². The second kappa shape index (κ2) is 5.88. The number of ether oxygens (including phenoxy) is 1. The van der Waals surface area contributed by atoms with E-state index in [2.05, 4.69) is 27.8 Å². The van der Waals surface area contributed by atoms with E-state index in [1.54, 1.807) is 6.92 Å². The van der Waals surface area contributed by atoms with Crippen molar-refractivity contribution in [3.8, 4) is 0 Å². The molecule has 0 bridgehead atoms. The summed E-state index contributed by atoms with van der Waals surface area (Å²) in [5.41, 5.74) is 2.21. The van der Waals surface area contributed by atoms with Crippen LogP contribution < -0.4 is 0 Å². The van der Waals surface area contributed by atoms with Crippen LogP contribution in [0.5, 0.6) is 0 Å². The summed E-state index contributed by atoms with van der Waals surface area (Å²) in [6.07, 6.45) is 2.33. The summed E-state index contributed by atoms with van der Waals surface area (Å²) in [5.74, 6) is -0.445. The van der Waals surface area contributed by atoms with Crippen LogP contribution in [0.3, 0.4) is 0 Å². The molecule has 0 unspecified atom stereocenters. The maximum absolute atomic E-state index is 11.8. The van der Waals surface area contributed by atoms with Gasteiger partial charge < -0.3 is 4.74 Å². The van der Waals surface area contributed by atoms with E-state index >= 15 is 0 Å². The van der Waals surface area contributed by atoms with Crippen molar-refractivity contribution in [2.24, 2.45) is 0 Å². The summed E-state index contributed by atoms with van der Waals surface area (Å²) in [6.45, 7) is 4.12. The first-order chi connectivity index (χ1) is 9.08. The molecule has 0 saturated heterocycles. The van der Waals surface area contributed by atoms with Gasteiger partial charge in [-0.3, -0.25) is 4.98 Å². The first-order valence-corrected chi connectivity index (χ1v) is 7.19. The molecule has 1 aromatic carbocycles. The van der Waals surface area contributed by atoms with Gasteiger partial charge in [0.15, 0.2) is 0 Å². The first kappa shape index (κ1) is 14.3. The summed E-state index contributed by atoms with van der Waals surface area (Å²) in [4.78, 5) is 16.1. The van der Waals surface area contributed by atoms with Gasteiger partial charge in [-0.25, -0.2) is 4.79 Å². The molecule has 19 heavy (non-hydrogen) atoms. The average molecular weight is 343 g/mol. The predicted molar refractivity (Wildman–Crippen MR) is 79.8 cm³/mol. The number of aryl methyl sites for hydroxylation is 1. The van der Waals surface area contributed by atoms with Crippen LogP contribution in [0.1, 0.15) is 29.8 Å². The normalized spacial score (nSPS) is 10.7. The van der Waals surface area contributed by atoms with Gasteiger partial charge in [-0.05, 0) is 31.0 Å². The van der Waals surface area contributed by atoms with Crippen molar-refractivity contribution in [1.29, 1.82) is 0 Å². The number of carbonyl (C=O) groups is 1. The number of aromatic nitrogens is 1. The highest BCUT2D eigenvalue weighted by Gasteiger charge is 2.16. The lowest BCUT2D eigenvalue weighted by Crippen LogP contribution is -2.06. The van der Waals surface area contributed by atoms with E-state index < -0.39 is 5.97 Å². The Kier molecular flexibility index (Phi) is 4.42. The summed E-state index contributed by atoms with van der Waals surface area (Å²) in [6, 6.07) is 3.88. The Morgan fingerprint density at radius 3 is 2.79 bits per heavy atom. The largest absolute Gasteiger partial charge is 0.462 e. The number of fused-ring (bicyclic) bond motifs is 1. The Bertz CT molecular complexity index is 643. The van der Waals surface area contributed by atoms with E-state index in [0.717, 1.165) is 27.4 Å². The van der Waals surface area contributed by atoms with Gasteiger partial charge in [0, 0.05) is 16.1 Å². The number of carbonyl (C=O) groups excluding carboxylic acids is 1. The third kappa shape index (κ3) is 2.74. The van der Waals surface area contributed by atoms with Crippen LogP contribution in [0.15, 0.2) is 22.8 Å². The van der Waals surface area contributed by atoms with E-state index in [4.69, 9.17) is 16.3 Å². The Morgan fingerprint density at radius 1 is 1.42 bits per heavy atom. The molecule has 5 heteroatoms. The minimum Gasteiger partial charge on any atom is -0.462 e. The first-order valence-electron chi connectivity index (χ1n) is 6.02. The lowest BCUT2D eigenvalue weighted by Gasteiger charge is -2.09. The van der Waals surface area contributed by atoms with Crippen LogP contribution >= 0.6 is 27.5 Å². The summed E-state index contributed by atoms with van der Waals surface area (Å²) in [7, 11) is 0. The van der Waals surface area contributed by atoms with Gasteiger partial charge in [0.25, 0.3) is 0 Å². The number of hydrogen-bond acceptors (Lipinski definition) is 3. The summed E-state index contributed by atoms with van der Waals surface area (Å²) in [5, 5.41) is 1.15. The number of benzene rings is 1. The second-order valence-corrected chi connectivity index (χ2v) is 5.31. The fraction of sp³-hybridized carbons (Fsp3) is 0.286. The van der Waals surface area contributed by atoms with E-state index in [0.29, 0.717) is 17.2 Å². The van der Waals surface area contributed by atoms with E-state index in [1.165, 1.54) is 6.20 Å². The van der Waals surface area contributed by atoms with Gasteiger partial charge in [-0.1, -0.05) is 34.5 Å². The number of hydrogen-bond donors (Lipinski definition) is 0. The van der Waals surface area contributed by atoms with Crippen molar-refractivity contribution in [3.63, 3.8) is 0 Å². The number of pyridine rings is 1. The number of nitrogens with zero attached hydrogens (tertiary/aromatic N) is 1. The molecule has 2 rings (SSSR count). The van der Waals surface area contributed by atoms with Crippen molar-refractivity contribution in [1.82, 2.24) is 4.98 Å². The van der Waals surface area contributed by atoms with Crippen molar-refractivity contribution in [2.45, 2.75) is 20.3 Å². The Balaban J connectivity index is 2.68. The van der Waals surface area contributed by atoms with Crippen LogP contribution in [-0.2, 0) is 11.2 Å². The quantitative estimate of drug-likeness (QED) is 0.777. The zero-order chi connectivity index (χ0) is 14.0. The molecule has 0 aliphatic carbocycles. The zero-order valence-corrected chi connectivity index (χ0v) is 13.0. The highest BCUT2D eigenvalue weighted by atomic mass is 79.9. The van der Waals surface area contributed by atoms with E-state index in [9.17, 15) is 4.79 Å². The molecule has 2 aromatic rings. The molecule has 0 aliphatic rings. The molecule has 0 radical (unpaired) electrons. The molecule has 1 heterocycles. The molecule has 0 amide bonds. The Morgan fingerprint density at radius 2 is 2.16 bits per heavy atom. The van der Waals surface area contributed by atoms with E-state index in [-0.39, 0.29) is 0 Å². The molecule has 0 N–H and O–H groups in total. The van der Waals surface area contributed by atoms with Crippen molar-refractivity contribution in [3.05, 3.63) is 39.0 Å². The van der Waals surface area contributed by atoms with Crippen molar-refractivity contribution in [2.75, 3.05) is 6.61 Å². The standard InChI is InChI=1S/C14H13BrClNO2/c1-3-8-5-9(15)6-10-12(16)11(7-17-13(8)10)14(18)19-4-2/h5-7H,3-4H2,1-2H3. The number of rotatable bonds is 3. The molecule has 0 fully saturated rings. The van der Waals surface area contributed by atoms with Gasteiger partial charge in [0.2, 0.25) is 0 Å². The maximum atomic E-state index is 11.8. The third-order valence-electron chi connectivity index (χ3n) is 2.83. The van der Waals surface area contributed by atoms with Crippen LogP contribution in [0.4, 0.5) is 0 Å². The Labute approximate surface area is 125 Å². The van der Waals surface area contributed by atoms with Gasteiger partial charge in [0.05, 0.1) is 22.7 Å². The summed E-state index contributed by atoms with van der Waals surface area (Å²) < 4.78 is 5.89. The van der Waals surface area contributed by atoms with Crippen molar-refractivity contribution < 1.29 is 9.53 Å². The fourth-order valence-corrected chi connectivity index (χ4v) is 2.70. The van der Waals surface area contributed by atoms with Crippen molar-refractivity contribution >= 4 is 44.4 Å². The predicted octanol–water partition coefficient (Wildman–Crippen LogP) is 4.39. The molecular weight excluding hydrogens is 330 g/mol. The molecule has 1 aromatic heterocycles.